The largest absolute Gasteiger partial charge is 0.496 e. The van der Waals surface area contributed by atoms with Crippen molar-refractivity contribution in [2.75, 3.05) is 47.4 Å². The number of ether oxygens (including phenoxy) is 5. The first-order valence-electron chi connectivity index (χ1n) is 9.45. The van der Waals surface area contributed by atoms with E-state index in [1.807, 2.05) is 0 Å². The standard InChI is InChI=1S/C22H27NO8S/c1-27-16-11-20(29-3)17(21(12-16)30-4)8-9-32(25,26)14-15-6-7-19(28-2)18(10-15)23-13-22(24)31-5/h6-12,23H,13-14H2,1-5H3/b9-8+. The first-order valence-corrected chi connectivity index (χ1v) is 11.2. The van der Waals surface area contributed by atoms with E-state index in [9.17, 15) is 13.2 Å². The summed E-state index contributed by atoms with van der Waals surface area (Å²) >= 11 is 0. The summed E-state index contributed by atoms with van der Waals surface area (Å²) in [5, 5.41) is 3.99. The van der Waals surface area contributed by atoms with Crippen LogP contribution in [-0.4, -0.2) is 56.5 Å². The minimum absolute atomic E-state index is 0.0833. The Hall–Kier alpha value is -3.40. The summed E-state index contributed by atoms with van der Waals surface area (Å²) in [4.78, 5) is 11.4. The van der Waals surface area contributed by atoms with Crippen molar-refractivity contribution in [3.63, 3.8) is 0 Å². The van der Waals surface area contributed by atoms with Crippen LogP contribution < -0.4 is 24.3 Å². The molecule has 0 saturated heterocycles. The molecule has 0 fully saturated rings. The fourth-order valence-corrected chi connectivity index (χ4v) is 3.96. The predicted octanol–water partition coefficient (Wildman–Crippen LogP) is 2.89. The monoisotopic (exact) mass is 465 g/mol. The second kappa shape index (κ2) is 11.3. The van der Waals surface area contributed by atoms with E-state index in [4.69, 9.17) is 18.9 Å². The number of nitrogens with one attached hydrogen (secondary N) is 1. The molecule has 0 aromatic heterocycles. The van der Waals surface area contributed by atoms with Gasteiger partial charge in [0.1, 0.15) is 29.5 Å². The molecule has 0 amide bonds. The number of benzene rings is 2. The highest BCUT2D eigenvalue weighted by Gasteiger charge is 2.15. The van der Waals surface area contributed by atoms with Gasteiger partial charge in [-0.25, -0.2) is 8.42 Å². The fraction of sp³-hybridized carbons (Fsp3) is 0.318. The van der Waals surface area contributed by atoms with E-state index in [1.54, 1.807) is 30.3 Å². The second-order valence-corrected chi connectivity index (χ2v) is 8.41. The molecule has 2 aromatic carbocycles. The van der Waals surface area contributed by atoms with Gasteiger partial charge in [0.05, 0.1) is 52.6 Å². The van der Waals surface area contributed by atoms with Crippen LogP contribution >= 0.6 is 0 Å². The summed E-state index contributed by atoms with van der Waals surface area (Å²) in [6, 6.07) is 8.16. The molecule has 0 unspecified atom stereocenters. The maximum Gasteiger partial charge on any atom is 0.325 e. The summed E-state index contributed by atoms with van der Waals surface area (Å²) in [5.74, 6) is 1.08. The van der Waals surface area contributed by atoms with Gasteiger partial charge in [-0.3, -0.25) is 4.79 Å². The number of sulfone groups is 1. The van der Waals surface area contributed by atoms with Crippen molar-refractivity contribution in [3.05, 3.63) is 46.9 Å². The van der Waals surface area contributed by atoms with Gasteiger partial charge in [0.2, 0.25) is 0 Å². The van der Waals surface area contributed by atoms with E-state index in [1.165, 1.54) is 41.6 Å². The van der Waals surface area contributed by atoms with Crippen LogP contribution in [0.2, 0.25) is 0 Å². The Morgan fingerprint density at radius 1 is 0.906 bits per heavy atom. The molecule has 0 aliphatic rings. The molecule has 2 aromatic rings. The van der Waals surface area contributed by atoms with Gasteiger partial charge >= 0.3 is 5.97 Å². The summed E-state index contributed by atoms with van der Waals surface area (Å²) in [6.07, 6.45) is 1.42. The molecular formula is C22H27NO8S. The summed E-state index contributed by atoms with van der Waals surface area (Å²) in [6.45, 7) is -0.0833. The predicted molar refractivity (Wildman–Crippen MR) is 121 cm³/mol. The number of carbonyl (C=O) groups is 1. The Labute approximate surface area is 187 Å². The van der Waals surface area contributed by atoms with E-state index >= 15 is 0 Å². The number of carbonyl (C=O) groups excluding carboxylic acids is 1. The van der Waals surface area contributed by atoms with Crippen molar-refractivity contribution in [1.82, 2.24) is 0 Å². The average Bonchev–Trinajstić information content (AvgIpc) is 2.80. The molecule has 0 bridgehead atoms. The molecule has 1 N–H and O–H groups in total. The van der Waals surface area contributed by atoms with Crippen molar-refractivity contribution in [2.45, 2.75) is 5.75 Å². The topological polar surface area (TPSA) is 109 Å². The summed E-state index contributed by atoms with van der Waals surface area (Å²) in [5.41, 5.74) is 1.46. The molecule has 0 heterocycles. The highest BCUT2D eigenvalue weighted by atomic mass is 32.2. The van der Waals surface area contributed by atoms with Crippen LogP contribution in [0.15, 0.2) is 35.7 Å². The highest BCUT2D eigenvalue weighted by Crippen LogP contribution is 2.35. The number of anilines is 1. The smallest absolute Gasteiger partial charge is 0.325 e. The molecular weight excluding hydrogens is 438 g/mol. The molecule has 0 saturated carbocycles. The normalized spacial score (nSPS) is 11.2. The van der Waals surface area contributed by atoms with Gasteiger partial charge in [-0.15, -0.1) is 0 Å². The summed E-state index contributed by atoms with van der Waals surface area (Å²) in [7, 11) is 3.56. The van der Waals surface area contributed by atoms with E-state index < -0.39 is 15.8 Å². The quantitative estimate of drug-likeness (QED) is 0.501. The third-order valence-corrected chi connectivity index (χ3v) is 5.76. The lowest BCUT2D eigenvalue weighted by Gasteiger charge is -2.13. The number of esters is 1. The number of methoxy groups -OCH3 is 5. The van der Waals surface area contributed by atoms with Gasteiger partial charge in [0, 0.05) is 17.5 Å². The molecule has 10 heteroatoms. The summed E-state index contributed by atoms with van der Waals surface area (Å²) < 4.78 is 51.3. The molecule has 0 aliphatic heterocycles. The Balaban J connectivity index is 2.29. The molecule has 174 valence electrons. The first-order chi connectivity index (χ1) is 15.3. The second-order valence-electron chi connectivity index (χ2n) is 6.52. The van der Waals surface area contributed by atoms with Crippen molar-refractivity contribution in [3.8, 4) is 23.0 Å². The fourth-order valence-electron chi connectivity index (χ4n) is 2.87. The van der Waals surface area contributed by atoms with E-state index in [0.717, 1.165) is 5.41 Å². The molecule has 0 spiro atoms. The molecule has 9 nitrogen and oxygen atoms in total. The Kier molecular flexibility index (Phi) is 8.77. The van der Waals surface area contributed by atoms with Gasteiger partial charge in [-0.05, 0) is 23.8 Å². The number of hydrogen-bond acceptors (Lipinski definition) is 9. The van der Waals surface area contributed by atoms with Crippen LogP contribution in [-0.2, 0) is 25.1 Å². The van der Waals surface area contributed by atoms with Gasteiger partial charge in [0.25, 0.3) is 0 Å². The van der Waals surface area contributed by atoms with E-state index in [2.05, 4.69) is 10.1 Å². The Morgan fingerprint density at radius 2 is 1.53 bits per heavy atom. The van der Waals surface area contributed by atoms with E-state index in [-0.39, 0.29) is 12.3 Å². The van der Waals surface area contributed by atoms with E-state index in [0.29, 0.717) is 39.8 Å². The van der Waals surface area contributed by atoms with Crippen LogP contribution in [0.1, 0.15) is 11.1 Å². The van der Waals surface area contributed by atoms with Crippen LogP contribution in [0.25, 0.3) is 6.08 Å². The molecule has 0 radical (unpaired) electrons. The maximum atomic E-state index is 12.8. The third kappa shape index (κ3) is 6.55. The lowest BCUT2D eigenvalue weighted by Crippen LogP contribution is -2.15. The average molecular weight is 466 g/mol. The van der Waals surface area contributed by atoms with Gasteiger partial charge in [0.15, 0.2) is 9.84 Å². The first kappa shape index (κ1) is 24.9. The molecule has 0 aliphatic carbocycles. The third-order valence-electron chi connectivity index (χ3n) is 4.48. The number of rotatable bonds is 11. The lowest BCUT2D eigenvalue weighted by atomic mass is 10.1. The van der Waals surface area contributed by atoms with Crippen LogP contribution in [0, 0.1) is 0 Å². The molecule has 32 heavy (non-hydrogen) atoms. The van der Waals surface area contributed by atoms with Crippen molar-refractivity contribution < 1.29 is 36.9 Å². The van der Waals surface area contributed by atoms with Crippen molar-refractivity contribution in [2.24, 2.45) is 0 Å². The Morgan fingerprint density at radius 3 is 2.06 bits per heavy atom. The van der Waals surface area contributed by atoms with Gasteiger partial charge < -0.3 is 29.0 Å². The minimum atomic E-state index is -3.65. The lowest BCUT2D eigenvalue weighted by molar-refractivity contribution is -0.138. The maximum absolute atomic E-state index is 12.8. The minimum Gasteiger partial charge on any atom is -0.496 e. The van der Waals surface area contributed by atoms with Crippen LogP contribution in [0.4, 0.5) is 5.69 Å². The van der Waals surface area contributed by atoms with Gasteiger partial charge in [-0.1, -0.05) is 6.07 Å². The van der Waals surface area contributed by atoms with Crippen LogP contribution in [0.3, 0.4) is 0 Å². The SMILES string of the molecule is COC(=O)CNc1cc(CS(=O)(=O)/C=C/c2c(OC)cc(OC)cc2OC)ccc1OC. The Bertz CT molecular complexity index is 1050. The zero-order chi connectivity index (χ0) is 23.7. The highest BCUT2D eigenvalue weighted by molar-refractivity contribution is 7.93. The van der Waals surface area contributed by atoms with Crippen LogP contribution in [0.5, 0.6) is 23.0 Å². The zero-order valence-corrected chi connectivity index (χ0v) is 19.4. The van der Waals surface area contributed by atoms with Crippen molar-refractivity contribution in [1.29, 1.82) is 0 Å². The zero-order valence-electron chi connectivity index (χ0n) is 18.6. The van der Waals surface area contributed by atoms with Gasteiger partial charge in [-0.2, -0.15) is 0 Å². The molecule has 2 rings (SSSR count). The molecule has 0 atom stereocenters. The number of hydrogen-bond donors (Lipinski definition) is 1. The van der Waals surface area contributed by atoms with Crippen molar-refractivity contribution >= 4 is 27.6 Å².